The molecule has 1 aliphatic heterocycles. The van der Waals surface area contributed by atoms with Crippen LogP contribution in [0.5, 0.6) is 0 Å². The SMILES string of the molecule is C=C(C)CSc1nnc2n(C)c(=O)c3c4c(sc3n12)COC(C)(C)C4. The van der Waals surface area contributed by atoms with Crippen molar-refractivity contribution in [2.45, 2.75) is 44.6 Å². The molecule has 8 heteroatoms. The topological polar surface area (TPSA) is 61.4 Å². The third-order valence-electron chi connectivity index (χ3n) is 4.35. The molecular formula is C17H20N4O2S2. The zero-order valence-corrected chi connectivity index (χ0v) is 16.4. The van der Waals surface area contributed by atoms with Gasteiger partial charge in [0.2, 0.25) is 5.78 Å². The molecule has 0 N–H and O–H groups in total. The van der Waals surface area contributed by atoms with Crippen molar-refractivity contribution in [1.82, 2.24) is 19.2 Å². The molecule has 0 saturated heterocycles. The number of nitrogens with zero attached hydrogens (tertiary/aromatic N) is 4. The summed E-state index contributed by atoms with van der Waals surface area (Å²) in [7, 11) is 1.76. The summed E-state index contributed by atoms with van der Waals surface area (Å²) in [6.45, 7) is 10.6. The van der Waals surface area contributed by atoms with Crippen molar-refractivity contribution in [3.8, 4) is 0 Å². The second-order valence-corrected chi connectivity index (χ2v) is 9.16. The van der Waals surface area contributed by atoms with E-state index >= 15 is 0 Å². The van der Waals surface area contributed by atoms with Crippen molar-refractivity contribution in [1.29, 1.82) is 0 Å². The van der Waals surface area contributed by atoms with Gasteiger partial charge in [-0.05, 0) is 26.3 Å². The molecule has 0 atom stereocenters. The number of ether oxygens (including phenoxy) is 1. The molecule has 0 spiro atoms. The molecule has 0 aliphatic carbocycles. The summed E-state index contributed by atoms with van der Waals surface area (Å²) in [6.07, 6.45) is 0.736. The van der Waals surface area contributed by atoms with Gasteiger partial charge in [0.1, 0.15) is 4.83 Å². The van der Waals surface area contributed by atoms with Crippen molar-refractivity contribution < 1.29 is 4.74 Å². The summed E-state index contributed by atoms with van der Waals surface area (Å²) in [5.41, 5.74) is 1.92. The molecule has 4 heterocycles. The Labute approximate surface area is 153 Å². The third kappa shape index (κ3) is 2.63. The second-order valence-electron chi connectivity index (χ2n) is 7.14. The van der Waals surface area contributed by atoms with Gasteiger partial charge in [0.15, 0.2) is 5.16 Å². The van der Waals surface area contributed by atoms with E-state index in [2.05, 4.69) is 30.6 Å². The fraction of sp³-hybridized carbons (Fsp3) is 0.471. The quantitative estimate of drug-likeness (QED) is 0.519. The fourth-order valence-corrected chi connectivity index (χ4v) is 5.17. The fourth-order valence-electron chi connectivity index (χ4n) is 3.11. The average Bonchev–Trinajstić information content (AvgIpc) is 3.10. The van der Waals surface area contributed by atoms with E-state index in [-0.39, 0.29) is 11.2 Å². The Morgan fingerprint density at radius 1 is 1.44 bits per heavy atom. The summed E-state index contributed by atoms with van der Waals surface area (Å²) in [6, 6.07) is 0. The van der Waals surface area contributed by atoms with Crippen molar-refractivity contribution >= 4 is 39.1 Å². The van der Waals surface area contributed by atoms with Crippen molar-refractivity contribution in [2.75, 3.05) is 5.75 Å². The summed E-state index contributed by atoms with van der Waals surface area (Å²) in [4.78, 5) is 15.0. The van der Waals surface area contributed by atoms with Gasteiger partial charge < -0.3 is 4.74 Å². The largest absolute Gasteiger partial charge is 0.370 e. The lowest BCUT2D eigenvalue weighted by Gasteiger charge is -2.29. The Morgan fingerprint density at radius 2 is 2.20 bits per heavy atom. The molecule has 0 fully saturated rings. The van der Waals surface area contributed by atoms with Crippen LogP contribution in [0.3, 0.4) is 0 Å². The molecule has 3 aromatic heterocycles. The van der Waals surface area contributed by atoms with Crippen LogP contribution in [0.15, 0.2) is 22.1 Å². The monoisotopic (exact) mass is 376 g/mol. The second kappa shape index (κ2) is 5.69. The Balaban J connectivity index is 2.03. The number of hydrogen-bond acceptors (Lipinski definition) is 6. The Morgan fingerprint density at radius 3 is 2.92 bits per heavy atom. The van der Waals surface area contributed by atoms with Gasteiger partial charge in [0.05, 0.1) is 17.6 Å². The standard InChI is InChI=1S/C17H20N4O2S2/c1-9(2)8-24-16-19-18-15-20(5)13(22)12-10-6-17(3,4)23-7-11(10)25-14(12)21(15)16/h1,6-8H2,2-5H3. The predicted molar refractivity (Wildman–Crippen MR) is 102 cm³/mol. The highest BCUT2D eigenvalue weighted by Crippen LogP contribution is 2.38. The first kappa shape index (κ1) is 16.8. The van der Waals surface area contributed by atoms with Gasteiger partial charge in [0.25, 0.3) is 5.56 Å². The van der Waals surface area contributed by atoms with E-state index in [4.69, 9.17) is 4.74 Å². The molecule has 25 heavy (non-hydrogen) atoms. The van der Waals surface area contributed by atoms with Gasteiger partial charge in [-0.2, -0.15) is 0 Å². The zero-order chi connectivity index (χ0) is 17.9. The number of thiophene rings is 1. The van der Waals surface area contributed by atoms with Crippen LogP contribution in [0.25, 0.3) is 16.0 Å². The lowest BCUT2D eigenvalue weighted by atomic mass is 9.94. The number of hydrogen-bond donors (Lipinski definition) is 0. The molecule has 3 aromatic rings. The number of thioether (sulfide) groups is 1. The van der Waals surface area contributed by atoms with Gasteiger partial charge >= 0.3 is 0 Å². The van der Waals surface area contributed by atoms with Crippen LogP contribution in [-0.4, -0.2) is 30.5 Å². The van der Waals surface area contributed by atoms with Gasteiger partial charge in [-0.3, -0.25) is 9.36 Å². The smallest absolute Gasteiger partial charge is 0.263 e. The number of aromatic nitrogens is 4. The number of rotatable bonds is 3. The summed E-state index contributed by atoms with van der Waals surface area (Å²) in [5.74, 6) is 1.34. The van der Waals surface area contributed by atoms with Crippen LogP contribution in [0.4, 0.5) is 0 Å². The molecule has 6 nitrogen and oxygen atoms in total. The van der Waals surface area contributed by atoms with Crippen LogP contribution < -0.4 is 5.56 Å². The third-order valence-corrected chi connectivity index (χ3v) is 6.70. The lowest BCUT2D eigenvalue weighted by molar-refractivity contribution is -0.0379. The van der Waals surface area contributed by atoms with Crippen molar-refractivity contribution in [3.63, 3.8) is 0 Å². The van der Waals surface area contributed by atoms with E-state index in [0.717, 1.165) is 43.6 Å². The minimum Gasteiger partial charge on any atom is -0.370 e. The molecule has 0 radical (unpaired) electrons. The molecule has 0 saturated carbocycles. The van der Waals surface area contributed by atoms with E-state index in [1.54, 1.807) is 34.7 Å². The normalized spacial score (nSPS) is 16.5. The maximum Gasteiger partial charge on any atom is 0.263 e. The molecule has 0 amide bonds. The molecule has 4 rings (SSSR count). The Kier molecular flexibility index (Phi) is 3.82. The maximum absolute atomic E-state index is 13.0. The molecule has 0 aromatic carbocycles. The van der Waals surface area contributed by atoms with E-state index in [1.807, 2.05) is 11.3 Å². The van der Waals surface area contributed by atoms with Gasteiger partial charge in [0, 0.05) is 24.1 Å². The summed E-state index contributed by atoms with van der Waals surface area (Å²) < 4.78 is 9.53. The average molecular weight is 377 g/mol. The van der Waals surface area contributed by atoms with Crippen LogP contribution in [0, 0.1) is 0 Å². The first-order valence-corrected chi connectivity index (χ1v) is 9.88. The van der Waals surface area contributed by atoms with Crippen LogP contribution in [-0.2, 0) is 24.8 Å². The molecular weight excluding hydrogens is 356 g/mol. The van der Waals surface area contributed by atoms with Gasteiger partial charge in [-0.15, -0.1) is 21.5 Å². The Hall–Kier alpha value is -1.64. The van der Waals surface area contributed by atoms with Crippen LogP contribution >= 0.6 is 23.1 Å². The first-order valence-electron chi connectivity index (χ1n) is 8.08. The highest BCUT2D eigenvalue weighted by atomic mass is 32.2. The molecule has 0 unspecified atom stereocenters. The van der Waals surface area contributed by atoms with Gasteiger partial charge in [-0.1, -0.05) is 23.9 Å². The summed E-state index contributed by atoms with van der Waals surface area (Å²) in [5, 5.41) is 10.1. The number of aryl methyl sites for hydroxylation is 1. The minimum absolute atomic E-state index is 0.0125. The highest BCUT2D eigenvalue weighted by molar-refractivity contribution is 7.99. The number of fused-ring (bicyclic) bond motifs is 5. The molecule has 1 aliphatic rings. The first-order chi connectivity index (χ1) is 11.8. The zero-order valence-electron chi connectivity index (χ0n) is 14.8. The predicted octanol–water partition coefficient (Wildman–Crippen LogP) is 3.16. The summed E-state index contributed by atoms with van der Waals surface area (Å²) >= 11 is 3.20. The van der Waals surface area contributed by atoms with E-state index in [0.29, 0.717) is 12.4 Å². The van der Waals surface area contributed by atoms with E-state index in [9.17, 15) is 4.79 Å². The van der Waals surface area contributed by atoms with E-state index in [1.165, 1.54) is 0 Å². The van der Waals surface area contributed by atoms with Crippen LogP contribution in [0.2, 0.25) is 0 Å². The Bertz CT molecular complexity index is 1070. The van der Waals surface area contributed by atoms with Crippen LogP contribution in [0.1, 0.15) is 31.2 Å². The van der Waals surface area contributed by atoms with Crippen molar-refractivity contribution in [3.05, 3.63) is 32.9 Å². The molecule has 132 valence electrons. The van der Waals surface area contributed by atoms with Gasteiger partial charge in [-0.25, -0.2) is 4.40 Å². The highest BCUT2D eigenvalue weighted by Gasteiger charge is 2.31. The minimum atomic E-state index is -0.258. The van der Waals surface area contributed by atoms with Crippen molar-refractivity contribution in [2.24, 2.45) is 7.05 Å². The maximum atomic E-state index is 13.0. The lowest BCUT2D eigenvalue weighted by Crippen LogP contribution is -2.32. The van der Waals surface area contributed by atoms with E-state index < -0.39 is 0 Å². The molecule has 0 bridgehead atoms.